The molecule has 1 aromatic heterocycles. The smallest absolute Gasteiger partial charge is 0.261 e. The van der Waals surface area contributed by atoms with Gasteiger partial charge in [-0.2, -0.15) is 10.5 Å². The Hall–Kier alpha value is -3.42. The summed E-state index contributed by atoms with van der Waals surface area (Å²) in [4.78, 5) is 0.0793. The van der Waals surface area contributed by atoms with Crippen molar-refractivity contribution >= 4 is 38.6 Å². The van der Waals surface area contributed by atoms with Gasteiger partial charge in [0.2, 0.25) is 5.82 Å². The highest BCUT2D eigenvalue weighted by Gasteiger charge is 2.14. The van der Waals surface area contributed by atoms with E-state index in [1.54, 1.807) is 30.3 Å². The van der Waals surface area contributed by atoms with Gasteiger partial charge in [-0.25, -0.2) is 8.42 Å². The second-order valence-electron chi connectivity index (χ2n) is 5.19. The van der Waals surface area contributed by atoms with Gasteiger partial charge in [-0.15, -0.1) is 10.2 Å². The van der Waals surface area contributed by atoms with Gasteiger partial charge in [0.25, 0.3) is 10.0 Å². The molecule has 3 aromatic rings. The molecule has 1 heterocycles. The van der Waals surface area contributed by atoms with Crippen molar-refractivity contribution in [3.05, 3.63) is 65.6 Å². The predicted molar refractivity (Wildman–Crippen MR) is 100 cm³/mol. The van der Waals surface area contributed by atoms with Crippen LogP contribution in [-0.2, 0) is 10.0 Å². The third kappa shape index (κ3) is 4.60. The lowest BCUT2D eigenvalue weighted by Crippen LogP contribution is -2.12. The van der Waals surface area contributed by atoms with Crippen LogP contribution < -0.4 is 10.0 Å². The van der Waals surface area contributed by atoms with Crippen molar-refractivity contribution in [3.63, 3.8) is 0 Å². The number of hydrogen-bond acceptors (Lipinski definition) is 7. The van der Waals surface area contributed by atoms with Gasteiger partial charge in [0.05, 0.1) is 10.6 Å². The molecule has 27 heavy (non-hydrogen) atoms. The first kappa shape index (κ1) is 18.4. The number of tetrazole rings is 1. The number of anilines is 2. The number of H-pyrrole nitrogens is 1. The van der Waals surface area contributed by atoms with Gasteiger partial charge in [-0.05, 0) is 47.7 Å². The highest BCUT2D eigenvalue weighted by atomic mass is 35.5. The number of aromatic nitrogens is 4. The molecule has 0 amide bonds. The average molecular weight is 402 g/mol. The van der Waals surface area contributed by atoms with Crippen LogP contribution in [0.15, 0.2) is 59.6 Å². The van der Waals surface area contributed by atoms with Gasteiger partial charge in [-0.3, -0.25) is 4.72 Å². The zero-order valence-electron chi connectivity index (χ0n) is 13.6. The maximum Gasteiger partial charge on any atom is 0.261 e. The second kappa shape index (κ2) is 7.86. The van der Waals surface area contributed by atoms with E-state index >= 15 is 0 Å². The van der Waals surface area contributed by atoms with E-state index in [2.05, 4.69) is 30.7 Å². The number of nitrogens with zero attached hydrogens (tertiary/aromatic N) is 4. The Kier molecular flexibility index (Phi) is 5.35. The van der Waals surface area contributed by atoms with E-state index in [-0.39, 0.29) is 16.3 Å². The number of nitrogens with one attached hydrogen (secondary N) is 3. The topological polar surface area (TPSA) is 136 Å². The normalized spacial score (nSPS) is 11.6. The molecule has 0 spiro atoms. The van der Waals surface area contributed by atoms with E-state index in [0.29, 0.717) is 16.4 Å². The molecule has 0 bridgehead atoms. The Morgan fingerprint density at radius 2 is 1.96 bits per heavy atom. The van der Waals surface area contributed by atoms with Crippen LogP contribution in [-0.4, -0.2) is 29.0 Å². The van der Waals surface area contributed by atoms with Crippen molar-refractivity contribution in [2.24, 2.45) is 0 Å². The first-order valence-electron chi connectivity index (χ1n) is 7.47. The van der Waals surface area contributed by atoms with Crippen molar-refractivity contribution in [1.82, 2.24) is 20.6 Å². The number of allylic oxidation sites excluding steroid dienone is 1. The lowest BCUT2D eigenvalue weighted by molar-refractivity contribution is 0.601. The quantitative estimate of drug-likeness (QED) is 0.540. The van der Waals surface area contributed by atoms with E-state index < -0.39 is 10.0 Å². The summed E-state index contributed by atoms with van der Waals surface area (Å²) in [7, 11) is -3.75. The molecule has 0 aliphatic heterocycles. The Balaban J connectivity index is 1.74. The van der Waals surface area contributed by atoms with Gasteiger partial charge in [0.1, 0.15) is 11.6 Å². The van der Waals surface area contributed by atoms with Gasteiger partial charge in [0, 0.05) is 16.9 Å². The molecule has 9 nitrogen and oxygen atoms in total. The minimum absolute atomic E-state index is 0.0793. The molecule has 2 aromatic carbocycles. The lowest BCUT2D eigenvalue weighted by atomic mass is 10.3. The third-order valence-corrected chi connectivity index (χ3v) is 4.96. The molecule has 0 unspecified atom stereocenters. The average Bonchev–Trinajstić information content (AvgIpc) is 3.17. The number of rotatable bonds is 6. The standard InChI is InChI=1S/C16H12ClN7O2S/c17-12-2-1-3-14(8-12)22-27(25,26)15-6-4-13(5-7-15)19-10-11(9-18)16-20-23-24-21-16/h1-8,10,19,22H,(H,20,21,23,24). The summed E-state index contributed by atoms with van der Waals surface area (Å²) in [6, 6.07) is 14.4. The van der Waals surface area contributed by atoms with E-state index in [0.717, 1.165) is 0 Å². The van der Waals surface area contributed by atoms with Crippen molar-refractivity contribution in [2.45, 2.75) is 4.90 Å². The van der Waals surface area contributed by atoms with Gasteiger partial charge in [0.15, 0.2) is 0 Å². The largest absolute Gasteiger partial charge is 0.360 e. The Morgan fingerprint density at radius 1 is 1.19 bits per heavy atom. The van der Waals surface area contributed by atoms with Crippen molar-refractivity contribution < 1.29 is 8.42 Å². The summed E-state index contributed by atoms with van der Waals surface area (Å²) in [5.74, 6) is 0.148. The summed E-state index contributed by atoms with van der Waals surface area (Å²) in [5, 5.41) is 25.5. The Labute approximate surface area is 159 Å². The van der Waals surface area contributed by atoms with Crippen LogP contribution in [0.3, 0.4) is 0 Å². The zero-order chi connectivity index (χ0) is 19.3. The van der Waals surface area contributed by atoms with Crippen LogP contribution >= 0.6 is 11.6 Å². The minimum Gasteiger partial charge on any atom is -0.360 e. The fraction of sp³-hybridized carbons (Fsp3) is 0. The number of sulfonamides is 1. The van der Waals surface area contributed by atoms with Crippen LogP contribution in [0.4, 0.5) is 11.4 Å². The fourth-order valence-corrected chi connectivity index (χ4v) is 3.31. The number of halogens is 1. The number of benzene rings is 2. The monoisotopic (exact) mass is 401 g/mol. The van der Waals surface area contributed by atoms with Crippen LogP contribution in [0.1, 0.15) is 5.82 Å². The summed E-state index contributed by atoms with van der Waals surface area (Å²) < 4.78 is 27.3. The molecule has 3 N–H and O–H groups in total. The van der Waals surface area contributed by atoms with Crippen LogP contribution in [0.25, 0.3) is 5.57 Å². The Bertz CT molecular complexity index is 1100. The predicted octanol–water partition coefficient (Wildman–Crippen LogP) is 2.63. The van der Waals surface area contributed by atoms with E-state index in [1.807, 2.05) is 6.07 Å². The van der Waals surface area contributed by atoms with E-state index in [4.69, 9.17) is 16.9 Å². The highest BCUT2D eigenvalue weighted by molar-refractivity contribution is 7.92. The molecular weight excluding hydrogens is 390 g/mol. The molecule has 0 aliphatic rings. The SMILES string of the molecule is N#CC(=CNc1ccc(S(=O)(=O)Nc2cccc(Cl)c2)cc1)c1nn[nH]n1. The summed E-state index contributed by atoms with van der Waals surface area (Å²) >= 11 is 5.86. The van der Waals surface area contributed by atoms with Gasteiger partial charge in [-0.1, -0.05) is 17.7 Å². The lowest BCUT2D eigenvalue weighted by Gasteiger charge is -2.09. The summed E-state index contributed by atoms with van der Waals surface area (Å²) in [6.45, 7) is 0. The fourth-order valence-electron chi connectivity index (χ4n) is 2.07. The van der Waals surface area contributed by atoms with Gasteiger partial charge >= 0.3 is 0 Å². The molecule has 136 valence electrons. The van der Waals surface area contributed by atoms with Crippen LogP contribution in [0.5, 0.6) is 0 Å². The first-order chi connectivity index (χ1) is 13.0. The molecule has 0 atom stereocenters. The summed E-state index contributed by atoms with van der Waals surface area (Å²) in [6.07, 6.45) is 1.40. The van der Waals surface area contributed by atoms with E-state index in [9.17, 15) is 8.42 Å². The molecule has 0 saturated heterocycles. The van der Waals surface area contributed by atoms with Crippen LogP contribution in [0.2, 0.25) is 5.02 Å². The van der Waals surface area contributed by atoms with Crippen molar-refractivity contribution in [1.29, 1.82) is 5.26 Å². The highest BCUT2D eigenvalue weighted by Crippen LogP contribution is 2.21. The maximum absolute atomic E-state index is 12.4. The minimum atomic E-state index is -3.75. The maximum atomic E-state index is 12.4. The first-order valence-corrected chi connectivity index (χ1v) is 9.33. The van der Waals surface area contributed by atoms with Crippen LogP contribution in [0, 0.1) is 11.3 Å². The summed E-state index contributed by atoms with van der Waals surface area (Å²) in [5.41, 5.74) is 1.11. The molecule has 0 radical (unpaired) electrons. The third-order valence-electron chi connectivity index (χ3n) is 3.33. The van der Waals surface area contributed by atoms with Gasteiger partial charge < -0.3 is 5.32 Å². The molecule has 3 rings (SSSR count). The molecule has 0 aliphatic carbocycles. The Morgan fingerprint density at radius 3 is 2.59 bits per heavy atom. The zero-order valence-corrected chi connectivity index (χ0v) is 15.2. The molecular formula is C16H12ClN7O2S. The number of aromatic amines is 1. The second-order valence-corrected chi connectivity index (χ2v) is 7.31. The number of hydrogen-bond donors (Lipinski definition) is 3. The number of nitriles is 1. The van der Waals surface area contributed by atoms with Crippen molar-refractivity contribution in [3.8, 4) is 6.07 Å². The molecule has 0 fully saturated rings. The molecule has 11 heteroatoms. The molecule has 0 saturated carbocycles. The van der Waals surface area contributed by atoms with E-state index in [1.165, 1.54) is 24.4 Å². The van der Waals surface area contributed by atoms with Crippen molar-refractivity contribution in [2.75, 3.05) is 10.0 Å².